The summed E-state index contributed by atoms with van der Waals surface area (Å²) in [6.45, 7) is 3.78. The summed E-state index contributed by atoms with van der Waals surface area (Å²) in [7, 11) is 0. The van der Waals surface area contributed by atoms with Crippen molar-refractivity contribution in [2.75, 3.05) is 5.84 Å². The molecule has 0 bridgehead atoms. The Morgan fingerprint density at radius 1 is 1.17 bits per heavy atom. The number of nitrogens with zero attached hydrogens (tertiary/aromatic N) is 3. The number of benzene rings is 2. The highest BCUT2D eigenvalue weighted by Gasteiger charge is 2.21. The highest BCUT2D eigenvalue weighted by molar-refractivity contribution is 8.00. The van der Waals surface area contributed by atoms with E-state index in [1.165, 1.54) is 34.1 Å². The van der Waals surface area contributed by atoms with Gasteiger partial charge in [0.2, 0.25) is 11.1 Å². The molecule has 8 heteroatoms. The van der Waals surface area contributed by atoms with Gasteiger partial charge in [-0.05, 0) is 44.4 Å². The highest BCUT2D eigenvalue weighted by atomic mass is 32.2. The van der Waals surface area contributed by atoms with Gasteiger partial charge in [-0.3, -0.25) is 4.79 Å². The smallest absolute Gasteiger partial charge is 0.233 e. The molecule has 2 aromatic carbocycles. The second-order valence-electron chi connectivity index (χ2n) is 6.88. The second kappa shape index (κ2) is 9.56. The number of aromatic nitrogens is 3. The number of rotatable bonds is 8. The molecule has 6 nitrogen and oxygen atoms in total. The number of carbonyl (C=O) groups excluding carboxylic acids is 1. The molecule has 0 fully saturated rings. The number of thioether (sulfide) groups is 1. The maximum atomic E-state index is 13.4. The van der Waals surface area contributed by atoms with E-state index < -0.39 is 5.25 Å². The van der Waals surface area contributed by atoms with Crippen LogP contribution in [0.5, 0.6) is 0 Å². The molecule has 0 aliphatic heterocycles. The zero-order chi connectivity index (χ0) is 20.8. The molecule has 1 aromatic heterocycles. The van der Waals surface area contributed by atoms with E-state index >= 15 is 0 Å². The molecule has 3 N–H and O–H groups in total. The van der Waals surface area contributed by atoms with Gasteiger partial charge in [0.25, 0.3) is 0 Å². The molecule has 0 saturated heterocycles. The van der Waals surface area contributed by atoms with Crippen LogP contribution in [0.2, 0.25) is 0 Å². The minimum atomic E-state index is -0.402. The third-order valence-electron chi connectivity index (χ3n) is 4.50. The quantitative estimate of drug-likeness (QED) is 0.437. The van der Waals surface area contributed by atoms with Crippen LogP contribution in [0.4, 0.5) is 4.39 Å². The Morgan fingerprint density at radius 2 is 1.93 bits per heavy atom. The summed E-state index contributed by atoms with van der Waals surface area (Å²) < 4.78 is 14.7. The molecule has 1 heterocycles. The molecule has 3 aromatic rings. The summed E-state index contributed by atoms with van der Waals surface area (Å²) in [5.74, 6) is 5.94. The Bertz CT molecular complexity index is 963. The molecule has 152 valence electrons. The van der Waals surface area contributed by atoms with Crippen LogP contribution in [0.3, 0.4) is 0 Å². The van der Waals surface area contributed by atoms with Gasteiger partial charge in [-0.25, -0.2) is 9.07 Å². The number of nitrogens with two attached hydrogens (primary N) is 1. The third-order valence-corrected chi connectivity index (χ3v) is 5.55. The van der Waals surface area contributed by atoms with Crippen molar-refractivity contribution in [2.45, 2.75) is 43.1 Å². The minimum absolute atomic E-state index is 0.0457. The summed E-state index contributed by atoms with van der Waals surface area (Å²) in [5.41, 5.74) is 1.77. The van der Waals surface area contributed by atoms with Gasteiger partial charge in [0.05, 0.1) is 5.25 Å². The van der Waals surface area contributed by atoms with Gasteiger partial charge in [-0.1, -0.05) is 54.2 Å². The van der Waals surface area contributed by atoms with E-state index in [0.717, 1.165) is 12.8 Å². The van der Waals surface area contributed by atoms with Crippen molar-refractivity contribution >= 4 is 17.7 Å². The predicted molar refractivity (Wildman–Crippen MR) is 113 cm³/mol. The van der Waals surface area contributed by atoms with Gasteiger partial charge < -0.3 is 11.2 Å². The summed E-state index contributed by atoms with van der Waals surface area (Å²) in [6, 6.07) is 16.2. The van der Waals surface area contributed by atoms with Crippen molar-refractivity contribution in [1.29, 1.82) is 0 Å². The lowest BCUT2D eigenvalue weighted by Gasteiger charge is -2.17. The Morgan fingerprint density at radius 3 is 2.66 bits per heavy atom. The maximum Gasteiger partial charge on any atom is 0.233 e. The lowest BCUT2D eigenvalue weighted by atomic mass is 10.1. The Hall–Kier alpha value is -2.87. The lowest BCUT2D eigenvalue weighted by Crippen LogP contribution is -2.38. The number of carbonyl (C=O) groups is 1. The first kappa shape index (κ1) is 20.9. The largest absolute Gasteiger partial charge is 0.353 e. The number of nitrogen functional groups attached to an aromatic ring is 1. The minimum Gasteiger partial charge on any atom is -0.353 e. The zero-order valence-corrected chi connectivity index (χ0v) is 17.2. The van der Waals surface area contributed by atoms with Crippen LogP contribution >= 0.6 is 11.8 Å². The highest BCUT2D eigenvalue weighted by Crippen LogP contribution is 2.25. The van der Waals surface area contributed by atoms with Crippen molar-refractivity contribution in [2.24, 2.45) is 0 Å². The van der Waals surface area contributed by atoms with E-state index in [1.54, 1.807) is 19.1 Å². The first-order valence-corrected chi connectivity index (χ1v) is 10.3. The molecule has 29 heavy (non-hydrogen) atoms. The van der Waals surface area contributed by atoms with Crippen molar-refractivity contribution in [3.63, 3.8) is 0 Å². The normalized spacial score (nSPS) is 13.1. The average Bonchev–Trinajstić information content (AvgIpc) is 3.07. The third kappa shape index (κ3) is 5.57. The maximum absolute atomic E-state index is 13.4. The Kier molecular flexibility index (Phi) is 6.87. The standard InChI is InChI=1S/C21H24FN5OS/c1-14(11-12-16-7-4-3-5-8-16)24-20(28)15(2)29-21-26-25-19(27(21)23)17-9-6-10-18(22)13-17/h3-10,13-15H,11-12,23H2,1-2H3,(H,24,28)/t14-,15-/m0/s1. The van der Waals surface area contributed by atoms with E-state index in [4.69, 9.17) is 5.84 Å². The molecule has 1 amide bonds. The molecule has 0 aliphatic rings. The van der Waals surface area contributed by atoms with Crippen LogP contribution < -0.4 is 11.2 Å². The first-order chi connectivity index (χ1) is 13.9. The van der Waals surface area contributed by atoms with Crippen LogP contribution in [-0.4, -0.2) is 32.1 Å². The molecular weight excluding hydrogens is 389 g/mol. The Balaban J connectivity index is 1.55. The van der Waals surface area contributed by atoms with Gasteiger partial charge in [-0.2, -0.15) is 0 Å². The fourth-order valence-corrected chi connectivity index (χ4v) is 3.63. The van der Waals surface area contributed by atoms with E-state index in [9.17, 15) is 9.18 Å². The average molecular weight is 414 g/mol. The van der Waals surface area contributed by atoms with Gasteiger partial charge in [0, 0.05) is 11.6 Å². The fraction of sp³-hybridized carbons (Fsp3) is 0.286. The van der Waals surface area contributed by atoms with Crippen molar-refractivity contribution in [1.82, 2.24) is 20.2 Å². The second-order valence-corrected chi connectivity index (χ2v) is 8.19. The molecule has 0 unspecified atom stereocenters. The topological polar surface area (TPSA) is 85.8 Å². The van der Waals surface area contributed by atoms with Gasteiger partial charge in [0.15, 0.2) is 5.82 Å². The lowest BCUT2D eigenvalue weighted by molar-refractivity contribution is -0.120. The van der Waals surface area contributed by atoms with Crippen molar-refractivity contribution in [3.05, 3.63) is 66.0 Å². The van der Waals surface area contributed by atoms with Crippen molar-refractivity contribution in [3.8, 4) is 11.4 Å². The molecule has 0 aliphatic carbocycles. The summed E-state index contributed by atoms with van der Waals surface area (Å²) in [6.07, 6.45) is 1.75. The number of aryl methyl sites for hydroxylation is 1. The first-order valence-electron chi connectivity index (χ1n) is 9.41. The van der Waals surface area contributed by atoms with Crippen LogP contribution in [0, 0.1) is 5.82 Å². The molecule has 2 atom stereocenters. The predicted octanol–water partition coefficient (Wildman–Crippen LogP) is 3.42. The number of halogens is 1. The van der Waals surface area contributed by atoms with Crippen LogP contribution in [0.1, 0.15) is 25.8 Å². The fourth-order valence-electron chi connectivity index (χ4n) is 2.85. The molecule has 0 radical (unpaired) electrons. The summed E-state index contributed by atoms with van der Waals surface area (Å²) in [5, 5.41) is 11.1. The van der Waals surface area contributed by atoms with E-state index in [-0.39, 0.29) is 17.8 Å². The van der Waals surface area contributed by atoms with Crippen LogP contribution in [0.25, 0.3) is 11.4 Å². The van der Waals surface area contributed by atoms with E-state index in [0.29, 0.717) is 16.5 Å². The van der Waals surface area contributed by atoms with Gasteiger partial charge >= 0.3 is 0 Å². The molecule has 3 rings (SSSR count). The summed E-state index contributed by atoms with van der Waals surface area (Å²) >= 11 is 1.21. The van der Waals surface area contributed by atoms with E-state index in [1.807, 2.05) is 25.1 Å². The van der Waals surface area contributed by atoms with Gasteiger partial charge in [-0.15, -0.1) is 10.2 Å². The molecule has 0 spiro atoms. The van der Waals surface area contributed by atoms with Gasteiger partial charge in [0.1, 0.15) is 5.82 Å². The van der Waals surface area contributed by atoms with E-state index in [2.05, 4.69) is 27.6 Å². The van der Waals surface area contributed by atoms with Crippen LogP contribution in [0.15, 0.2) is 59.8 Å². The number of hydrogen-bond acceptors (Lipinski definition) is 5. The number of hydrogen-bond donors (Lipinski definition) is 2. The summed E-state index contributed by atoms with van der Waals surface area (Å²) in [4.78, 5) is 12.5. The monoisotopic (exact) mass is 413 g/mol. The Labute approximate surface area is 173 Å². The number of amides is 1. The zero-order valence-electron chi connectivity index (χ0n) is 16.4. The SMILES string of the molecule is C[C@H](Sc1nnc(-c2cccc(F)c2)n1N)C(=O)N[C@@H](C)CCc1ccccc1. The molecule has 0 saturated carbocycles. The van der Waals surface area contributed by atoms with Crippen LogP contribution in [-0.2, 0) is 11.2 Å². The van der Waals surface area contributed by atoms with Crippen molar-refractivity contribution < 1.29 is 9.18 Å². The molecular formula is C21H24FN5OS. The number of nitrogens with one attached hydrogen (secondary N) is 1.